The number of rotatable bonds is 7. The molecule has 1 aliphatic heterocycles. The van der Waals surface area contributed by atoms with Crippen LogP contribution in [0.25, 0.3) is 10.8 Å². The lowest BCUT2D eigenvalue weighted by Crippen LogP contribution is -2.34. The Balaban J connectivity index is 0.00000243. The highest BCUT2D eigenvalue weighted by Crippen LogP contribution is 2.25. The van der Waals surface area contributed by atoms with E-state index in [4.69, 9.17) is 4.74 Å². The fraction of sp³-hybridized carbons (Fsp3) is 0.476. The number of fused-ring (bicyclic) bond motifs is 1. The number of piperidine rings is 1. The van der Waals surface area contributed by atoms with E-state index in [2.05, 4.69) is 35.8 Å². The summed E-state index contributed by atoms with van der Waals surface area (Å²) in [6.45, 7) is 5.38. The maximum absolute atomic E-state index is 12.1. The Bertz CT molecular complexity index is 696. The number of hydrogen-bond acceptors (Lipinski definition) is 3. The van der Waals surface area contributed by atoms with Gasteiger partial charge in [0, 0.05) is 11.8 Å². The first kappa shape index (κ1) is 20.5. The molecule has 0 aliphatic carbocycles. The van der Waals surface area contributed by atoms with Gasteiger partial charge in [0.1, 0.15) is 12.4 Å². The fourth-order valence-corrected chi connectivity index (χ4v) is 3.62. The maximum atomic E-state index is 12.1. The molecule has 1 saturated heterocycles. The lowest BCUT2D eigenvalue weighted by atomic mass is 9.84. The van der Waals surface area contributed by atoms with Crippen LogP contribution < -0.4 is 15.4 Å². The average Bonchev–Trinajstić information content (AvgIpc) is 2.66. The van der Waals surface area contributed by atoms with Gasteiger partial charge in [0.15, 0.2) is 0 Å². The van der Waals surface area contributed by atoms with Crippen molar-refractivity contribution in [2.24, 2.45) is 11.8 Å². The Morgan fingerprint density at radius 3 is 2.73 bits per heavy atom. The number of hydrogen-bond donors (Lipinski definition) is 2. The molecule has 1 unspecified atom stereocenters. The monoisotopic (exact) mass is 376 g/mol. The summed E-state index contributed by atoms with van der Waals surface area (Å²) in [7, 11) is 0. The molecule has 1 fully saturated rings. The number of carbonyl (C=O) groups excluding carboxylic acids is 1. The highest BCUT2D eigenvalue weighted by molar-refractivity contribution is 5.88. The lowest BCUT2D eigenvalue weighted by molar-refractivity contribution is -0.122. The Labute approximate surface area is 162 Å². The minimum atomic E-state index is 0. The second-order valence-corrected chi connectivity index (χ2v) is 6.94. The minimum absolute atomic E-state index is 0. The third-order valence-corrected chi connectivity index (χ3v) is 5.13. The molecule has 0 radical (unpaired) electrons. The van der Waals surface area contributed by atoms with E-state index in [1.807, 2.05) is 24.3 Å². The van der Waals surface area contributed by atoms with Gasteiger partial charge in [-0.05, 0) is 49.2 Å². The zero-order chi connectivity index (χ0) is 17.5. The quantitative estimate of drug-likeness (QED) is 0.723. The van der Waals surface area contributed by atoms with Crippen LogP contribution in [0.3, 0.4) is 0 Å². The molecule has 1 atom stereocenters. The molecule has 0 aromatic heterocycles. The second-order valence-electron chi connectivity index (χ2n) is 6.94. The third-order valence-electron chi connectivity index (χ3n) is 5.13. The smallest absolute Gasteiger partial charge is 0.220 e. The highest BCUT2D eigenvalue weighted by atomic mass is 35.5. The van der Waals surface area contributed by atoms with Crippen molar-refractivity contribution in [3.63, 3.8) is 0 Å². The van der Waals surface area contributed by atoms with Crippen LogP contribution in [-0.4, -0.2) is 32.1 Å². The van der Waals surface area contributed by atoms with Gasteiger partial charge in [-0.25, -0.2) is 0 Å². The molecule has 1 aliphatic rings. The molecule has 0 bridgehead atoms. The Morgan fingerprint density at radius 1 is 1.19 bits per heavy atom. The van der Waals surface area contributed by atoms with Crippen LogP contribution in [0.15, 0.2) is 42.5 Å². The van der Waals surface area contributed by atoms with Gasteiger partial charge in [0.2, 0.25) is 5.91 Å². The number of benzene rings is 2. The van der Waals surface area contributed by atoms with Gasteiger partial charge in [0.25, 0.3) is 0 Å². The molecule has 26 heavy (non-hydrogen) atoms. The molecule has 0 saturated carbocycles. The van der Waals surface area contributed by atoms with E-state index in [-0.39, 0.29) is 18.3 Å². The van der Waals surface area contributed by atoms with Gasteiger partial charge in [-0.15, -0.1) is 12.4 Å². The Hall–Kier alpha value is -1.78. The molecule has 5 heteroatoms. The van der Waals surface area contributed by atoms with E-state index in [1.165, 1.54) is 18.2 Å². The van der Waals surface area contributed by atoms with Crippen molar-refractivity contribution in [3.05, 3.63) is 42.5 Å². The summed E-state index contributed by atoms with van der Waals surface area (Å²) < 4.78 is 5.87. The van der Waals surface area contributed by atoms with Crippen LogP contribution in [0.1, 0.15) is 26.2 Å². The summed E-state index contributed by atoms with van der Waals surface area (Å²) in [6, 6.07) is 14.2. The standard InChI is InChI=1S/C21H28N2O2.ClH/c1-16(17-9-11-22-12-10-17)15-21(24)23-13-14-25-20-8-4-6-18-5-2-3-7-19(18)20;/h2-8,16-17,22H,9-15H2,1H3,(H,23,24);1H. The van der Waals surface area contributed by atoms with Crippen LogP contribution in [0, 0.1) is 11.8 Å². The molecular weight excluding hydrogens is 348 g/mol. The topological polar surface area (TPSA) is 50.4 Å². The summed E-state index contributed by atoms with van der Waals surface area (Å²) in [5.74, 6) is 2.11. The predicted molar refractivity (Wildman–Crippen MR) is 109 cm³/mol. The van der Waals surface area contributed by atoms with E-state index in [9.17, 15) is 4.79 Å². The largest absolute Gasteiger partial charge is 0.491 e. The average molecular weight is 377 g/mol. The molecule has 2 aromatic rings. The van der Waals surface area contributed by atoms with Crippen molar-refractivity contribution in [2.75, 3.05) is 26.2 Å². The van der Waals surface area contributed by atoms with Crippen LogP contribution >= 0.6 is 12.4 Å². The van der Waals surface area contributed by atoms with Crippen molar-refractivity contribution in [1.82, 2.24) is 10.6 Å². The lowest BCUT2D eigenvalue weighted by Gasteiger charge is -2.27. The van der Waals surface area contributed by atoms with Crippen LogP contribution in [0.4, 0.5) is 0 Å². The summed E-state index contributed by atoms with van der Waals surface area (Å²) in [4.78, 5) is 12.1. The van der Waals surface area contributed by atoms with Gasteiger partial charge in [-0.1, -0.05) is 43.3 Å². The SMILES string of the molecule is CC(CC(=O)NCCOc1cccc2ccccc12)C1CCNCC1.Cl. The molecule has 4 nitrogen and oxygen atoms in total. The van der Waals surface area contributed by atoms with Gasteiger partial charge in [0.05, 0.1) is 6.54 Å². The van der Waals surface area contributed by atoms with Crippen molar-refractivity contribution in [3.8, 4) is 5.75 Å². The van der Waals surface area contributed by atoms with Crippen molar-refractivity contribution >= 4 is 29.1 Å². The summed E-state index contributed by atoms with van der Waals surface area (Å²) in [6.07, 6.45) is 2.97. The highest BCUT2D eigenvalue weighted by Gasteiger charge is 2.21. The molecule has 3 rings (SSSR count). The van der Waals surface area contributed by atoms with Gasteiger partial charge < -0.3 is 15.4 Å². The first-order chi connectivity index (χ1) is 12.2. The van der Waals surface area contributed by atoms with Gasteiger partial charge >= 0.3 is 0 Å². The zero-order valence-corrected chi connectivity index (χ0v) is 16.2. The Kier molecular flexibility index (Phi) is 8.20. The molecular formula is C21H29ClN2O2. The van der Waals surface area contributed by atoms with Crippen LogP contribution in [0.2, 0.25) is 0 Å². The minimum Gasteiger partial charge on any atom is -0.491 e. The maximum Gasteiger partial charge on any atom is 0.220 e. The van der Waals surface area contributed by atoms with Crippen molar-refractivity contribution in [1.29, 1.82) is 0 Å². The summed E-state index contributed by atoms with van der Waals surface area (Å²) in [5, 5.41) is 8.64. The fourth-order valence-electron chi connectivity index (χ4n) is 3.62. The molecule has 2 N–H and O–H groups in total. The van der Waals surface area contributed by atoms with E-state index in [0.717, 1.165) is 24.2 Å². The molecule has 2 aromatic carbocycles. The number of nitrogens with one attached hydrogen (secondary N) is 2. The normalized spacial score (nSPS) is 15.9. The first-order valence-electron chi connectivity index (χ1n) is 9.32. The number of carbonyl (C=O) groups is 1. The Morgan fingerprint density at radius 2 is 1.92 bits per heavy atom. The van der Waals surface area contributed by atoms with E-state index < -0.39 is 0 Å². The first-order valence-corrected chi connectivity index (χ1v) is 9.32. The number of amides is 1. The molecule has 142 valence electrons. The summed E-state index contributed by atoms with van der Waals surface area (Å²) >= 11 is 0. The van der Waals surface area contributed by atoms with Gasteiger partial charge in [-0.3, -0.25) is 4.79 Å². The number of ether oxygens (including phenoxy) is 1. The molecule has 0 spiro atoms. The van der Waals surface area contributed by atoms with Crippen LogP contribution in [0.5, 0.6) is 5.75 Å². The van der Waals surface area contributed by atoms with E-state index in [0.29, 0.717) is 31.4 Å². The van der Waals surface area contributed by atoms with Crippen molar-refractivity contribution < 1.29 is 9.53 Å². The summed E-state index contributed by atoms with van der Waals surface area (Å²) in [5.41, 5.74) is 0. The van der Waals surface area contributed by atoms with Crippen LogP contribution in [-0.2, 0) is 4.79 Å². The number of halogens is 1. The predicted octanol–water partition coefficient (Wildman–Crippen LogP) is 3.78. The zero-order valence-electron chi connectivity index (χ0n) is 15.4. The van der Waals surface area contributed by atoms with E-state index in [1.54, 1.807) is 0 Å². The third kappa shape index (κ3) is 5.61. The van der Waals surface area contributed by atoms with Gasteiger partial charge in [-0.2, -0.15) is 0 Å². The molecule has 1 heterocycles. The van der Waals surface area contributed by atoms with E-state index >= 15 is 0 Å². The van der Waals surface area contributed by atoms with Crippen molar-refractivity contribution in [2.45, 2.75) is 26.2 Å². The molecule has 1 amide bonds. The second kappa shape index (κ2) is 10.4.